The van der Waals surface area contributed by atoms with Crippen LogP contribution in [0.2, 0.25) is 0 Å². The minimum atomic E-state index is -2.65. The second-order valence-electron chi connectivity index (χ2n) is 3.98. The third-order valence-corrected chi connectivity index (χ3v) is 3.92. The van der Waals surface area contributed by atoms with Crippen molar-refractivity contribution >= 4 is 22.7 Å². The van der Waals surface area contributed by atoms with Crippen LogP contribution in [0.3, 0.4) is 0 Å². The summed E-state index contributed by atoms with van der Waals surface area (Å²) in [5, 5.41) is -0.565. The molecule has 1 heterocycles. The highest BCUT2D eigenvalue weighted by molar-refractivity contribution is 8.15. The van der Waals surface area contributed by atoms with Gasteiger partial charge in [0, 0.05) is 12.8 Å². The Bertz CT molecular complexity index is 295. The standard InChI is InChI=1S/C9H10F2O2S/c1-4-7(12)6(8(13)14-4)5-2-9(10,11)3-5/h4-6H,2-3H2,1H3. The van der Waals surface area contributed by atoms with Gasteiger partial charge in [0.05, 0.1) is 11.2 Å². The highest BCUT2D eigenvalue weighted by Crippen LogP contribution is 2.50. The van der Waals surface area contributed by atoms with Gasteiger partial charge in [-0.1, -0.05) is 11.8 Å². The van der Waals surface area contributed by atoms with Crippen LogP contribution in [-0.2, 0) is 9.59 Å². The lowest BCUT2D eigenvalue weighted by atomic mass is 9.72. The molecular weight excluding hydrogens is 210 g/mol. The Hall–Kier alpha value is -0.450. The van der Waals surface area contributed by atoms with Gasteiger partial charge in [-0.15, -0.1) is 0 Å². The molecule has 5 heteroatoms. The van der Waals surface area contributed by atoms with Crippen molar-refractivity contribution in [2.75, 3.05) is 0 Å². The summed E-state index contributed by atoms with van der Waals surface area (Å²) in [5.41, 5.74) is 0. The third-order valence-electron chi connectivity index (χ3n) is 2.85. The van der Waals surface area contributed by atoms with Gasteiger partial charge in [-0.2, -0.15) is 0 Å². The number of ketones is 1. The molecule has 1 saturated heterocycles. The van der Waals surface area contributed by atoms with Crippen molar-refractivity contribution in [2.24, 2.45) is 11.8 Å². The predicted molar refractivity (Wildman–Crippen MR) is 48.2 cm³/mol. The molecule has 0 radical (unpaired) electrons. The highest BCUT2D eigenvalue weighted by atomic mass is 32.2. The van der Waals surface area contributed by atoms with Crippen molar-refractivity contribution in [3.8, 4) is 0 Å². The highest BCUT2D eigenvalue weighted by Gasteiger charge is 2.55. The Morgan fingerprint density at radius 2 is 1.93 bits per heavy atom. The van der Waals surface area contributed by atoms with Gasteiger partial charge in [0.15, 0.2) is 10.9 Å². The molecule has 0 aromatic heterocycles. The largest absolute Gasteiger partial charge is 0.298 e. The topological polar surface area (TPSA) is 34.1 Å². The van der Waals surface area contributed by atoms with Crippen molar-refractivity contribution in [2.45, 2.75) is 30.9 Å². The molecule has 14 heavy (non-hydrogen) atoms. The molecule has 2 rings (SSSR count). The van der Waals surface area contributed by atoms with E-state index in [4.69, 9.17) is 0 Å². The lowest BCUT2D eigenvalue weighted by molar-refractivity contribution is -0.147. The van der Waals surface area contributed by atoms with Crippen molar-refractivity contribution in [3.63, 3.8) is 0 Å². The van der Waals surface area contributed by atoms with Gasteiger partial charge in [0.2, 0.25) is 5.92 Å². The van der Waals surface area contributed by atoms with Gasteiger partial charge in [-0.05, 0) is 12.8 Å². The monoisotopic (exact) mass is 220 g/mol. The zero-order chi connectivity index (χ0) is 10.5. The Kier molecular flexibility index (Phi) is 2.17. The second-order valence-corrected chi connectivity index (χ2v) is 5.33. The summed E-state index contributed by atoms with van der Waals surface area (Å²) in [6, 6.07) is 0. The fourth-order valence-electron chi connectivity index (χ4n) is 2.04. The maximum absolute atomic E-state index is 12.6. The van der Waals surface area contributed by atoms with E-state index in [1.54, 1.807) is 6.92 Å². The summed E-state index contributed by atoms with van der Waals surface area (Å²) >= 11 is 0.981. The van der Waals surface area contributed by atoms with Crippen LogP contribution in [0.5, 0.6) is 0 Å². The van der Waals surface area contributed by atoms with E-state index in [2.05, 4.69) is 0 Å². The molecule has 2 aliphatic rings. The van der Waals surface area contributed by atoms with Crippen LogP contribution in [0.1, 0.15) is 19.8 Å². The minimum absolute atomic E-state index is 0.166. The van der Waals surface area contributed by atoms with E-state index >= 15 is 0 Å². The van der Waals surface area contributed by atoms with Crippen LogP contribution < -0.4 is 0 Å². The van der Waals surface area contributed by atoms with Crippen LogP contribution in [0, 0.1) is 11.8 Å². The van der Waals surface area contributed by atoms with Crippen LogP contribution in [0.15, 0.2) is 0 Å². The first-order chi connectivity index (χ1) is 6.41. The molecule has 0 aromatic rings. The Labute approximate surface area is 84.4 Å². The zero-order valence-corrected chi connectivity index (χ0v) is 8.44. The molecule has 2 atom stereocenters. The Morgan fingerprint density at radius 3 is 2.29 bits per heavy atom. The summed E-state index contributed by atoms with van der Waals surface area (Å²) in [6.45, 7) is 1.65. The summed E-state index contributed by atoms with van der Waals surface area (Å²) in [4.78, 5) is 22.8. The Balaban J connectivity index is 2.06. The quantitative estimate of drug-likeness (QED) is 0.633. The molecule has 2 nitrogen and oxygen atoms in total. The molecular formula is C9H10F2O2S. The average molecular weight is 220 g/mol. The number of carbonyl (C=O) groups is 2. The molecule has 1 aliphatic carbocycles. The molecule has 78 valence electrons. The van der Waals surface area contributed by atoms with E-state index in [1.165, 1.54) is 0 Å². The van der Waals surface area contributed by atoms with Crippen LogP contribution >= 0.6 is 11.8 Å². The number of alkyl halides is 2. The molecule has 0 spiro atoms. The first kappa shape index (κ1) is 10.1. The number of halogens is 2. The third kappa shape index (κ3) is 1.47. The van der Waals surface area contributed by atoms with Crippen LogP contribution in [0.25, 0.3) is 0 Å². The smallest absolute Gasteiger partial charge is 0.248 e. The van der Waals surface area contributed by atoms with Crippen molar-refractivity contribution in [1.29, 1.82) is 0 Å². The second kappa shape index (κ2) is 3.02. The SMILES string of the molecule is CC1SC(=O)C(C2CC(F)(F)C2)C1=O. The summed E-state index contributed by atoms with van der Waals surface area (Å²) in [6.07, 6.45) is -0.606. The van der Waals surface area contributed by atoms with Gasteiger partial charge in [-0.3, -0.25) is 9.59 Å². The summed E-state index contributed by atoms with van der Waals surface area (Å²) < 4.78 is 25.1. The normalized spacial score (nSPS) is 37.4. The van der Waals surface area contributed by atoms with Gasteiger partial charge >= 0.3 is 0 Å². The zero-order valence-electron chi connectivity index (χ0n) is 7.63. The molecule has 0 aromatic carbocycles. The summed E-state index contributed by atoms with van der Waals surface area (Å²) in [7, 11) is 0. The van der Waals surface area contributed by atoms with E-state index in [0.29, 0.717) is 0 Å². The van der Waals surface area contributed by atoms with Crippen molar-refractivity contribution < 1.29 is 18.4 Å². The summed E-state index contributed by atoms with van der Waals surface area (Å²) in [5.74, 6) is -3.99. The molecule has 1 saturated carbocycles. The van der Waals surface area contributed by atoms with E-state index in [0.717, 1.165) is 11.8 Å². The fraction of sp³-hybridized carbons (Fsp3) is 0.778. The minimum Gasteiger partial charge on any atom is -0.298 e. The predicted octanol–water partition coefficient (Wildman–Crippen LogP) is 1.88. The number of rotatable bonds is 1. The molecule has 1 aliphatic heterocycles. The van der Waals surface area contributed by atoms with Gasteiger partial charge in [0.25, 0.3) is 0 Å². The van der Waals surface area contributed by atoms with E-state index in [1.807, 2.05) is 0 Å². The van der Waals surface area contributed by atoms with Crippen LogP contribution in [-0.4, -0.2) is 22.1 Å². The number of thioether (sulfide) groups is 1. The number of carbonyl (C=O) groups excluding carboxylic acids is 2. The number of hydrogen-bond donors (Lipinski definition) is 0. The number of Topliss-reactive ketones (excluding diaryl/α,β-unsaturated/α-hetero) is 1. The number of hydrogen-bond acceptors (Lipinski definition) is 3. The lowest BCUT2D eigenvalue weighted by Crippen LogP contribution is -2.43. The fourth-order valence-corrected chi connectivity index (χ4v) is 3.11. The van der Waals surface area contributed by atoms with Crippen molar-refractivity contribution in [3.05, 3.63) is 0 Å². The molecule has 0 amide bonds. The lowest BCUT2D eigenvalue weighted by Gasteiger charge is -2.37. The van der Waals surface area contributed by atoms with E-state index < -0.39 is 17.8 Å². The average Bonchev–Trinajstić information content (AvgIpc) is 2.22. The first-order valence-corrected chi connectivity index (χ1v) is 5.41. The van der Waals surface area contributed by atoms with Crippen molar-refractivity contribution in [1.82, 2.24) is 0 Å². The molecule has 0 N–H and O–H groups in total. The maximum atomic E-state index is 12.6. The van der Waals surface area contributed by atoms with E-state index in [-0.39, 0.29) is 29.0 Å². The molecule has 2 fully saturated rings. The molecule has 2 unspecified atom stereocenters. The van der Waals surface area contributed by atoms with Gasteiger partial charge < -0.3 is 0 Å². The first-order valence-electron chi connectivity index (χ1n) is 4.53. The van der Waals surface area contributed by atoms with Gasteiger partial charge in [-0.25, -0.2) is 8.78 Å². The maximum Gasteiger partial charge on any atom is 0.248 e. The Morgan fingerprint density at radius 1 is 1.36 bits per heavy atom. The van der Waals surface area contributed by atoms with Gasteiger partial charge in [0.1, 0.15) is 0 Å². The van der Waals surface area contributed by atoms with Crippen LogP contribution in [0.4, 0.5) is 8.78 Å². The van der Waals surface area contributed by atoms with E-state index in [9.17, 15) is 18.4 Å². The molecule has 0 bridgehead atoms.